The number of nitro groups is 1. The monoisotopic (exact) mass is 347 g/mol. The van der Waals surface area contributed by atoms with Crippen LogP contribution in [0.3, 0.4) is 0 Å². The van der Waals surface area contributed by atoms with Gasteiger partial charge < -0.3 is 5.11 Å². The Bertz CT molecular complexity index is 827. The van der Waals surface area contributed by atoms with Crippen LogP contribution in [0.25, 0.3) is 0 Å². The highest BCUT2D eigenvalue weighted by Crippen LogP contribution is 2.39. The number of nitrogens with zero attached hydrogens (tertiary/aromatic N) is 3. The molecular formula is C17H18ClN3O3. The van der Waals surface area contributed by atoms with Gasteiger partial charge in [-0.1, -0.05) is 44.5 Å². The van der Waals surface area contributed by atoms with E-state index in [-0.39, 0.29) is 28.2 Å². The van der Waals surface area contributed by atoms with Gasteiger partial charge in [-0.3, -0.25) is 10.1 Å². The van der Waals surface area contributed by atoms with E-state index >= 15 is 0 Å². The maximum atomic E-state index is 11.1. The summed E-state index contributed by atoms with van der Waals surface area (Å²) < 4.78 is 0. The number of para-hydroxylation sites is 1. The number of hydrogen-bond acceptors (Lipinski definition) is 5. The van der Waals surface area contributed by atoms with E-state index < -0.39 is 4.92 Å². The van der Waals surface area contributed by atoms with Crippen molar-refractivity contribution in [1.82, 2.24) is 0 Å². The molecule has 2 aromatic carbocycles. The molecule has 2 aromatic rings. The van der Waals surface area contributed by atoms with Gasteiger partial charge in [0.1, 0.15) is 11.4 Å². The van der Waals surface area contributed by atoms with Gasteiger partial charge >= 0.3 is 0 Å². The lowest BCUT2D eigenvalue weighted by atomic mass is 9.86. The molecule has 0 spiro atoms. The minimum Gasteiger partial charge on any atom is -0.505 e. The molecule has 0 saturated carbocycles. The molecule has 0 aromatic heterocycles. The van der Waals surface area contributed by atoms with Crippen LogP contribution >= 0.6 is 11.6 Å². The molecule has 0 aliphatic rings. The molecule has 0 saturated heterocycles. The molecule has 0 aliphatic heterocycles. The van der Waals surface area contributed by atoms with E-state index in [0.29, 0.717) is 10.6 Å². The largest absolute Gasteiger partial charge is 0.505 e. The van der Waals surface area contributed by atoms with Gasteiger partial charge in [-0.25, -0.2) is 0 Å². The molecule has 0 aliphatic carbocycles. The molecule has 0 fully saturated rings. The second-order valence-corrected chi connectivity index (χ2v) is 6.88. The first kappa shape index (κ1) is 17.9. The van der Waals surface area contributed by atoms with E-state index in [1.807, 2.05) is 26.8 Å². The first-order chi connectivity index (χ1) is 11.1. The van der Waals surface area contributed by atoms with Gasteiger partial charge in [0.15, 0.2) is 5.69 Å². The van der Waals surface area contributed by atoms with Crippen LogP contribution in [0.2, 0.25) is 5.02 Å². The number of rotatable bonds is 3. The number of phenols is 1. The zero-order chi connectivity index (χ0) is 18.1. The molecule has 24 heavy (non-hydrogen) atoms. The fourth-order valence-electron chi connectivity index (χ4n) is 2.21. The fraction of sp³-hybridized carbons (Fsp3) is 0.294. The summed E-state index contributed by atoms with van der Waals surface area (Å²) in [6, 6.07) is 7.91. The molecular weight excluding hydrogens is 330 g/mol. The van der Waals surface area contributed by atoms with Crippen LogP contribution in [-0.4, -0.2) is 10.0 Å². The molecule has 6 nitrogen and oxygen atoms in total. The Kier molecular flexibility index (Phi) is 4.89. The van der Waals surface area contributed by atoms with Crippen molar-refractivity contribution in [3.63, 3.8) is 0 Å². The van der Waals surface area contributed by atoms with Gasteiger partial charge in [-0.05, 0) is 30.0 Å². The Hall–Kier alpha value is -2.47. The van der Waals surface area contributed by atoms with Crippen LogP contribution in [0.5, 0.6) is 5.75 Å². The van der Waals surface area contributed by atoms with Crippen molar-refractivity contribution in [2.75, 3.05) is 0 Å². The second kappa shape index (κ2) is 6.57. The third kappa shape index (κ3) is 3.71. The van der Waals surface area contributed by atoms with Crippen LogP contribution in [-0.2, 0) is 5.41 Å². The molecule has 7 heteroatoms. The van der Waals surface area contributed by atoms with Gasteiger partial charge in [-0.2, -0.15) is 0 Å². The summed E-state index contributed by atoms with van der Waals surface area (Å²) in [4.78, 5) is 10.6. The number of halogens is 1. The highest BCUT2D eigenvalue weighted by Gasteiger charge is 2.20. The molecule has 0 atom stereocenters. The summed E-state index contributed by atoms with van der Waals surface area (Å²) in [6.07, 6.45) is 0. The summed E-state index contributed by atoms with van der Waals surface area (Å²) in [7, 11) is 0. The molecule has 0 amide bonds. The lowest BCUT2D eigenvalue weighted by Crippen LogP contribution is -2.10. The minimum atomic E-state index is -0.564. The first-order valence-corrected chi connectivity index (χ1v) is 7.68. The van der Waals surface area contributed by atoms with Crippen LogP contribution in [0.4, 0.5) is 17.1 Å². The first-order valence-electron chi connectivity index (χ1n) is 7.30. The van der Waals surface area contributed by atoms with Gasteiger partial charge in [0.2, 0.25) is 0 Å². The summed E-state index contributed by atoms with van der Waals surface area (Å²) in [5.74, 6) is 0.0158. The van der Waals surface area contributed by atoms with E-state index in [0.717, 1.165) is 5.56 Å². The predicted octanol–water partition coefficient (Wildman–Crippen LogP) is 5.98. The lowest BCUT2D eigenvalue weighted by molar-refractivity contribution is -0.384. The number of aryl methyl sites for hydroxylation is 1. The second-order valence-electron chi connectivity index (χ2n) is 6.47. The maximum absolute atomic E-state index is 11.1. The van der Waals surface area contributed by atoms with Crippen molar-refractivity contribution in [3.05, 3.63) is 56.6 Å². The third-order valence-corrected chi connectivity index (χ3v) is 3.95. The third-order valence-electron chi connectivity index (χ3n) is 3.54. The fourth-order valence-corrected chi connectivity index (χ4v) is 2.36. The Morgan fingerprint density at radius 2 is 1.79 bits per heavy atom. The summed E-state index contributed by atoms with van der Waals surface area (Å²) >= 11 is 5.93. The molecule has 0 radical (unpaired) electrons. The average Bonchev–Trinajstić information content (AvgIpc) is 2.47. The number of nitro benzene ring substituents is 1. The molecule has 0 heterocycles. The van der Waals surface area contributed by atoms with Gasteiger partial charge in [-0.15, -0.1) is 10.2 Å². The number of benzene rings is 2. The summed E-state index contributed by atoms with van der Waals surface area (Å²) in [6.45, 7) is 7.63. The Labute approximate surface area is 145 Å². The summed E-state index contributed by atoms with van der Waals surface area (Å²) in [5, 5.41) is 29.7. The minimum absolute atomic E-state index is 0.0158. The zero-order valence-corrected chi connectivity index (χ0v) is 14.6. The van der Waals surface area contributed by atoms with Crippen molar-refractivity contribution in [1.29, 1.82) is 0 Å². The highest BCUT2D eigenvalue weighted by atomic mass is 35.5. The molecule has 2 rings (SSSR count). The number of aromatic hydroxyl groups is 1. The smallest absolute Gasteiger partial charge is 0.298 e. The average molecular weight is 348 g/mol. The Morgan fingerprint density at radius 1 is 1.17 bits per heavy atom. The molecule has 1 N–H and O–H groups in total. The van der Waals surface area contributed by atoms with Gasteiger partial charge in [0.05, 0.1) is 9.95 Å². The van der Waals surface area contributed by atoms with Crippen molar-refractivity contribution in [2.24, 2.45) is 10.2 Å². The zero-order valence-electron chi connectivity index (χ0n) is 13.9. The van der Waals surface area contributed by atoms with E-state index in [1.54, 1.807) is 19.1 Å². The SMILES string of the molecule is Cc1cc(/N=N/c2cccc(C(C)(C)C)c2O)c([N+](=O)[O-])cc1Cl. The lowest BCUT2D eigenvalue weighted by Gasteiger charge is -2.20. The highest BCUT2D eigenvalue weighted by molar-refractivity contribution is 6.31. The van der Waals surface area contributed by atoms with Crippen LogP contribution in [0.1, 0.15) is 31.9 Å². The number of azo groups is 1. The van der Waals surface area contributed by atoms with Gasteiger partial charge in [0, 0.05) is 11.6 Å². The van der Waals surface area contributed by atoms with Gasteiger partial charge in [0.25, 0.3) is 5.69 Å². The summed E-state index contributed by atoms with van der Waals surface area (Å²) in [5.41, 5.74) is 1.22. The van der Waals surface area contributed by atoms with E-state index in [4.69, 9.17) is 11.6 Å². The van der Waals surface area contributed by atoms with Crippen molar-refractivity contribution in [3.8, 4) is 5.75 Å². The molecule has 0 unspecified atom stereocenters. The Balaban J connectivity index is 2.50. The van der Waals surface area contributed by atoms with E-state index in [9.17, 15) is 15.2 Å². The van der Waals surface area contributed by atoms with Crippen LogP contribution < -0.4 is 0 Å². The number of hydrogen-bond donors (Lipinski definition) is 1. The van der Waals surface area contributed by atoms with Crippen LogP contribution in [0, 0.1) is 17.0 Å². The Morgan fingerprint density at radius 3 is 2.38 bits per heavy atom. The maximum Gasteiger partial charge on any atom is 0.298 e. The standard InChI is InChI=1S/C17H18ClN3O3/c1-10-8-14(15(21(23)24)9-12(10)18)20-19-13-7-5-6-11(16(13)22)17(2,3)4/h5-9,22H,1-4H3/b20-19+. The van der Waals surface area contributed by atoms with Crippen LogP contribution in [0.15, 0.2) is 40.6 Å². The molecule has 126 valence electrons. The van der Waals surface area contributed by atoms with E-state index in [2.05, 4.69) is 10.2 Å². The normalized spacial score (nSPS) is 11.9. The number of phenolic OH excluding ortho intramolecular Hbond substituents is 1. The quantitative estimate of drug-likeness (QED) is 0.421. The predicted molar refractivity (Wildman–Crippen MR) is 93.8 cm³/mol. The van der Waals surface area contributed by atoms with Crippen molar-refractivity contribution >= 4 is 28.7 Å². The molecule has 0 bridgehead atoms. The van der Waals surface area contributed by atoms with Crippen molar-refractivity contribution < 1.29 is 10.0 Å². The topological polar surface area (TPSA) is 88.1 Å². The van der Waals surface area contributed by atoms with Crippen molar-refractivity contribution in [2.45, 2.75) is 33.1 Å². The van der Waals surface area contributed by atoms with E-state index in [1.165, 1.54) is 12.1 Å².